The number of ketones is 1. The molecule has 0 N–H and O–H groups in total. The number of hydrogen-bond acceptors (Lipinski definition) is 6. The van der Waals surface area contributed by atoms with Crippen molar-refractivity contribution in [2.24, 2.45) is 0 Å². The van der Waals surface area contributed by atoms with Crippen LogP contribution in [0.3, 0.4) is 0 Å². The van der Waals surface area contributed by atoms with Gasteiger partial charge >= 0.3 is 0 Å². The number of ether oxygens (including phenoxy) is 2. The highest BCUT2D eigenvalue weighted by atomic mass is 32.2. The van der Waals surface area contributed by atoms with E-state index in [1.54, 1.807) is 7.11 Å². The summed E-state index contributed by atoms with van der Waals surface area (Å²) in [5.41, 5.74) is 3.91. The van der Waals surface area contributed by atoms with Crippen LogP contribution in [-0.4, -0.2) is 36.3 Å². The molecule has 2 aromatic carbocycles. The van der Waals surface area contributed by atoms with E-state index in [9.17, 15) is 10.1 Å². The van der Waals surface area contributed by atoms with Crippen molar-refractivity contribution in [2.75, 3.05) is 19.5 Å². The Hall–Kier alpha value is -3.14. The first-order valence-corrected chi connectivity index (χ1v) is 12.1. The maximum absolute atomic E-state index is 12.6. The molecule has 0 aliphatic carbocycles. The first kappa shape index (κ1) is 23.0. The summed E-state index contributed by atoms with van der Waals surface area (Å²) >= 11 is 1.34. The fraction of sp³-hybridized carbons (Fsp3) is 0.296. The molecule has 0 bridgehead atoms. The molecule has 1 saturated heterocycles. The van der Waals surface area contributed by atoms with Gasteiger partial charge in [0.25, 0.3) is 0 Å². The number of hydrogen-bond donors (Lipinski definition) is 0. The van der Waals surface area contributed by atoms with Gasteiger partial charge in [0.1, 0.15) is 22.6 Å². The molecule has 1 fully saturated rings. The molecule has 1 unspecified atom stereocenters. The van der Waals surface area contributed by atoms with Gasteiger partial charge in [-0.1, -0.05) is 54.2 Å². The molecule has 3 aromatic rings. The van der Waals surface area contributed by atoms with Crippen molar-refractivity contribution in [3.8, 4) is 34.2 Å². The number of carbonyl (C=O) groups excluding carboxylic acids is 1. The van der Waals surface area contributed by atoms with Crippen molar-refractivity contribution in [1.29, 1.82) is 5.26 Å². The SMILES string of the molecule is COc1ccc(-c2cc(-c3ccccc3)nc(SCC(=O)CCC3CCCO3)c2C#N)cc1. The van der Waals surface area contributed by atoms with Crippen LogP contribution in [0.2, 0.25) is 0 Å². The van der Waals surface area contributed by atoms with Crippen molar-refractivity contribution < 1.29 is 14.3 Å². The predicted molar refractivity (Wildman–Crippen MR) is 130 cm³/mol. The van der Waals surface area contributed by atoms with E-state index >= 15 is 0 Å². The lowest BCUT2D eigenvalue weighted by Gasteiger charge is -2.13. The van der Waals surface area contributed by atoms with Gasteiger partial charge in [0.2, 0.25) is 0 Å². The normalized spacial score (nSPS) is 15.2. The lowest BCUT2D eigenvalue weighted by atomic mass is 9.99. The summed E-state index contributed by atoms with van der Waals surface area (Å²) in [6, 6.07) is 21.8. The zero-order valence-corrected chi connectivity index (χ0v) is 19.4. The fourth-order valence-electron chi connectivity index (χ4n) is 3.90. The Bertz CT molecular complexity index is 1130. The maximum atomic E-state index is 12.6. The Morgan fingerprint density at radius 1 is 1.18 bits per heavy atom. The number of rotatable bonds is 9. The quantitative estimate of drug-likeness (QED) is 0.371. The minimum absolute atomic E-state index is 0.150. The molecule has 0 amide bonds. The Labute approximate surface area is 198 Å². The summed E-state index contributed by atoms with van der Waals surface area (Å²) in [7, 11) is 1.63. The van der Waals surface area contributed by atoms with Crippen LogP contribution in [-0.2, 0) is 9.53 Å². The van der Waals surface area contributed by atoms with Crippen molar-refractivity contribution >= 4 is 17.5 Å². The zero-order chi connectivity index (χ0) is 23.0. The average molecular weight is 459 g/mol. The summed E-state index contributed by atoms with van der Waals surface area (Å²) in [5, 5.41) is 10.6. The van der Waals surface area contributed by atoms with E-state index in [0.29, 0.717) is 17.0 Å². The molecule has 6 heteroatoms. The van der Waals surface area contributed by atoms with E-state index in [4.69, 9.17) is 14.5 Å². The Morgan fingerprint density at radius 3 is 2.64 bits per heavy atom. The number of carbonyl (C=O) groups is 1. The number of benzene rings is 2. The van der Waals surface area contributed by atoms with Crippen LogP contribution in [0.25, 0.3) is 22.4 Å². The van der Waals surface area contributed by atoms with Gasteiger partial charge in [-0.2, -0.15) is 5.26 Å². The van der Waals surface area contributed by atoms with E-state index in [1.165, 1.54) is 11.8 Å². The fourth-order valence-corrected chi connectivity index (χ4v) is 4.81. The molecule has 1 aromatic heterocycles. The van der Waals surface area contributed by atoms with Crippen molar-refractivity contribution in [3.63, 3.8) is 0 Å². The molecule has 0 spiro atoms. The summed E-state index contributed by atoms with van der Waals surface area (Å²) in [5.74, 6) is 1.19. The van der Waals surface area contributed by atoms with E-state index in [0.717, 1.165) is 54.0 Å². The van der Waals surface area contributed by atoms with E-state index in [-0.39, 0.29) is 17.6 Å². The molecule has 2 heterocycles. The van der Waals surface area contributed by atoms with E-state index < -0.39 is 0 Å². The standard InChI is InChI=1S/C27H26N2O3S/c1-31-22-12-9-19(10-13-22)24-16-26(20-6-3-2-4-7-20)29-27(25(24)17-28)33-18-21(30)11-14-23-8-5-15-32-23/h2-4,6-7,9-10,12-13,16,23H,5,8,11,14-15,18H2,1H3. The van der Waals surface area contributed by atoms with Gasteiger partial charge in [0.15, 0.2) is 0 Å². The highest BCUT2D eigenvalue weighted by molar-refractivity contribution is 8.00. The lowest BCUT2D eigenvalue weighted by molar-refractivity contribution is -0.117. The van der Waals surface area contributed by atoms with Gasteiger partial charge in [-0.3, -0.25) is 4.79 Å². The highest BCUT2D eigenvalue weighted by Gasteiger charge is 2.19. The second kappa shape index (κ2) is 11.1. The molecule has 5 nitrogen and oxygen atoms in total. The predicted octanol–water partition coefficient (Wildman–Crippen LogP) is 5.92. The smallest absolute Gasteiger partial charge is 0.143 e. The van der Waals surface area contributed by atoms with E-state index in [2.05, 4.69) is 6.07 Å². The van der Waals surface area contributed by atoms with Crippen molar-refractivity contribution in [3.05, 3.63) is 66.2 Å². The molecular weight excluding hydrogens is 432 g/mol. The number of nitriles is 1. The molecule has 168 valence electrons. The van der Waals surface area contributed by atoms with Gasteiger partial charge in [0.05, 0.1) is 30.2 Å². The lowest BCUT2D eigenvalue weighted by Crippen LogP contribution is -2.10. The second-order valence-corrected chi connectivity index (χ2v) is 8.91. The third-order valence-electron chi connectivity index (χ3n) is 5.71. The molecule has 33 heavy (non-hydrogen) atoms. The third-order valence-corrected chi connectivity index (χ3v) is 6.74. The van der Waals surface area contributed by atoms with Gasteiger partial charge in [-0.15, -0.1) is 0 Å². The van der Waals surface area contributed by atoms with Crippen LogP contribution < -0.4 is 4.74 Å². The summed E-state index contributed by atoms with van der Waals surface area (Å²) in [6.45, 7) is 0.795. The van der Waals surface area contributed by atoms with Gasteiger partial charge in [0, 0.05) is 24.2 Å². The average Bonchev–Trinajstić information content (AvgIpc) is 3.40. The monoisotopic (exact) mass is 458 g/mol. The molecule has 0 saturated carbocycles. The Balaban J connectivity index is 1.62. The summed E-state index contributed by atoms with van der Waals surface area (Å²) < 4.78 is 10.9. The molecule has 0 radical (unpaired) electrons. The molecule has 1 aliphatic heterocycles. The molecular formula is C27H26N2O3S. The van der Waals surface area contributed by atoms with Gasteiger partial charge < -0.3 is 9.47 Å². The van der Waals surface area contributed by atoms with Crippen molar-refractivity contribution in [2.45, 2.75) is 36.8 Å². The maximum Gasteiger partial charge on any atom is 0.143 e. The number of methoxy groups -OCH3 is 1. The van der Waals surface area contributed by atoms with Crippen LogP contribution >= 0.6 is 11.8 Å². The third kappa shape index (κ3) is 5.81. The Morgan fingerprint density at radius 2 is 1.97 bits per heavy atom. The van der Waals surface area contributed by atoms with E-state index in [1.807, 2.05) is 60.7 Å². The number of aromatic nitrogens is 1. The topological polar surface area (TPSA) is 72.2 Å². The van der Waals surface area contributed by atoms with Gasteiger partial charge in [-0.25, -0.2) is 4.98 Å². The highest BCUT2D eigenvalue weighted by Crippen LogP contribution is 2.35. The van der Waals surface area contributed by atoms with Crippen molar-refractivity contribution in [1.82, 2.24) is 4.98 Å². The van der Waals surface area contributed by atoms with Crippen LogP contribution in [0.4, 0.5) is 0 Å². The number of pyridine rings is 1. The van der Waals surface area contributed by atoms with Crippen LogP contribution in [0, 0.1) is 11.3 Å². The first-order chi connectivity index (χ1) is 16.2. The number of nitrogens with zero attached hydrogens (tertiary/aromatic N) is 2. The van der Waals surface area contributed by atoms with Gasteiger partial charge in [-0.05, 0) is 43.0 Å². The zero-order valence-electron chi connectivity index (χ0n) is 18.6. The minimum Gasteiger partial charge on any atom is -0.497 e. The van der Waals surface area contributed by atoms with Crippen LogP contribution in [0.5, 0.6) is 5.75 Å². The molecule has 1 aliphatic rings. The molecule has 1 atom stereocenters. The van der Waals surface area contributed by atoms with Crippen LogP contribution in [0.1, 0.15) is 31.2 Å². The minimum atomic E-state index is 0.150. The summed E-state index contributed by atoms with van der Waals surface area (Å²) in [6.07, 6.45) is 3.56. The van der Waals surface area contributed by atoms with Crippen LogP contribution in [0.15, 0.2) is 65.7 Å². The number of thioether (sulfide) groups is 1. The molecule has 4 rings (SSSR count). The largest absolute Gasteiger partial charge is 0.497 e. The number of Topliss-reactive ketones (excluding diaryl/α,β-unsaturated/α-hetero) is 1. The summed E-state index contributed by atoms with van der Waals surface area (Å²) in [4.78, 5) is 17.3. The first-order valence-electron chi connectivity index (χ1n) is 11.1. The Kier molecular flexibility index (Phi) is 7.77. The second-order valence-electron chi connectivity index (χ2n) is 7.94.